The molecule has 1 saturated carbocycles. The maximum atomic E-state index is 12.7. The van der Waals surface area contributed by atoms with Gasteiger partial charge >= 0.3 is 0 Å². The maximum absolute atomic E-state index is 12.7. The van der Waals surface area contributed by atoms with Crippen LogP contribution in [0.4, 0.5) is 0 Å². The molecule has 4 aliphatic rings. The molecule has 3 amide bonds. The summed E-state index contributed by atoms with van der Waals surface area (Å²) in [5.74, 6) is -1.50. The van der Waals surface area contributed by atoms with Crippen molar-refractivity contribution < 1.29 is 14.4 Å². The van der Waals surface area contributed by atoms with E-state index >= 15 is 0 Å². The second kappa shape index (κ2) is 5.47. The molecule has 8 heteroatoms. The second-order valence-electron chi connectivity index (χ2n) is 6.48. The first-order chi connectivity index (χ1) is 11.5. The van der Waals surface area contributed by atoms with Gasteiger partial charge in [-0.25, -0.2) is 4.98 Å². The lowest BCUT2D eigenvalue weighted by molar-refractivity contribution is -0.143. The van der Waals surface area contributed by atoms with E-state index in [0.29, 0.717) is 10.9 Å². The minimum absolute atomic E-state index is 0.109. The van der Waals surface area contributed by atoms with Crippen molar-refractivity contribution in [1.82, 2.24) is 20.0 Å². The van der Waals surface area contributed by atoms with Gasteiger partial charge in [0.05, 0.1) is 18.0 Å². The van der Waals surface area contributed by atoms with Gasteiger partial charge in [0.15, 0.2) is 5.16 Å². The van der Waals surface area contributed by atoms with E-state index in [-0.39, 0.29) is 35.5 Å². The Kier molecular flexibility index (Phi) is 3.52. The summed E-state index contributed by atoms with van der Waals surface area (Å²) in [6.45, 7) is 0. The van der Waals surface area contributed by atoms with E-state index in [4.69, 9.17) is 0 Å². The second-order valence-corrected chi connectivity index (χ2v) is 7.26. The van der Waals surface area contributed by atoms with Gasteiger partial charge in [0.25, 0.3) is 17.7 Å². The molecule has 2 bridgehead atoms. The molecule has 7 nitrogen and oxygen atoms in total. The summed E-state index contributed by atoms with van der Waals surface area (Å²) < 4.78 is 1.64. The Morgan fingerprint density at radius 2 is 1.79 bits per heavy atom. The average Bonchev–Trinajstić information content (AvgIpc) is 3.10. The van der Waals surface area contributed by atoms with Gasteiger partial charge in [-0.1, -0.05) is 23.9 Å². The first kappa shape index (κ1) is 15.4. The van der Waals surface area contributed by atoms with E-state index in [9.17, 15) is 14.4 Å². The van der Waals surface area contributed by atoms with E-state index in [2.05, 4.69) is 22.6 Å². The predicted octanol–water partition coefficient (Wildman–Crippen LogP) is 0.984. The SMILES string of the molecule is CSc1ncc(C(=O)NN2C(=O)C3C4C=CC(CC4)C3C2=O)n1C. The number of nitrogens with zero attached hydrogens (tertiary/aromatic N) is 3. The maximum Gasteiger partial charge on any atom is 0.288 e. The summed E-state index contributed by atoms with van der Waals surface area (Å²) in [7, 11) is 1.73. The molecule has 1 N–H and O–H groups in total. The van der Waals surface area contributed by atoms with Crippen LogP contribution in [-0.2, 0) is 16.6 Å². The largest absolute Gasteiger partial charge is 0.318 e. The number of carbonyl (C=O) groups excluding carboxylic acids is 3. The number of rotatable bonds is 3. The van der Waals surface area contributed by atoms with Gasteiger partial charge in [-0.2, -0.15) is 5.01 Å². The van der Waals surface area contributed by atoms with E-state index < -0.39 is 5.91 Å². The summed E-state index contributed by atoms with van der Waals surface area (Å²) in [6.07, 6.45) is 9.29. The highest BCUT2D eigenvalue weighted by atomic mass is 32.2. The number of allylic oxidation sites excluding steroid dienone is 2. The smallest absolute Gasteiger partial charge is 0.288 e. The molecule has 1 aromatic rings. The monoisotopic (exact) mass is 346 g/mol. The molecule has 1 aliphatic heterocycles. The highest BCUT2D eigenvalue weighted by Crippen LogP contribution is 2.49. The van der Waals surface area contributed by atoms with Crippen molar-refractivity contribution >= 4 is 29.5 Å². The molecule has 0 spiro atoms. The zero-order valence-corrected chi connectivity index (χ0v) is 14.2. The number of hydrazine groups is 1. The normalized spacial score (nSPS) is 30.8. The third-order valence-corrected chi connectivity index (χ3v) is 6.08. The number of aromatic nitrogens is 2. The topological polar surface area (TPSA) is 84.3 Å². The number of nitrogens with one attached hydrogen (secondary N) is 1. The van der Waals surface area contributed by atoms with Crippen molar-refractivity contribution in [1.29, 1.82) is 0 Å². The number of imidazole rings is 1. The molecule has 4 atom stereocenters. The fourth-order valence-corrected chi connectivity index (χ4v) is 4.67. The number of fused-ring (bicyclic) bond motifs is 1. The number of carbonyl (C=O) groups is 3. The Bertz CT molecular complexity index is 739. The van der Waals surface area contributed by atoms with Crippen molar-refractivity contribution in [2.45, 2.75) is 18.0 Å². The molecule has 1 aromatic heterocycles. The molecule has 2 heterocycles. The Morgan fingerprint density at radius 1 is 1.21 bits per heavy atom. The van der Waals surface area contributed by atoms with Crippen molar-refractivity contribution in [3.63, 3.8) is 0 Å². The van der Waals surface area contributed by atoms with E-state index in [1.54, 1.807) is 11.6 Å². The van der Waals surface area contributed by atoms with Crippen LogP contribution in [-0.4, -0.2) is 38.5 Å². The molecule has 1 saturated heterocycles. The number of thioether (sulfide) groups is 1. The molecule has 126 valence electrons. The molecule has 0 aromatic carbocycles. The highest BCUT2D eigenvalue weighted by molar-refractivity contribution is 7.98. The Labute approximate surface area is 143 Å². The first-order valence-electron chi connectivity index (χ1n) is 7.95. The summed E-state index contributed by atoms with van der Waals surface area (Å²) >= 11 is 1.42. The lowest BCUT2D eigenvalue weighted by atomic mass is 9.63. The van der Waals surface area contributed by atoms with Crippen molar-refractivity contribution in [2.75, 3.05) is 6.26 Å². The molecule has 2 fully saturated rings. The first-order valence-corrected chi connectivity index (χ1v) is 9.18. The third kappa shape index (κ3) is 2.05. The van der Waals surface area contributed by atoms with Crippen LogP contribution in [0.1, 0.15) is 23.3 Å². The van der Waals surface area contributed by atoms with E-state index in [1.165, 1.54) is 18.0 Å². The molecule has 24 heavy (non-hydrogen) atoms. The van der Waals surface area contributed by atoms with E-state index in [0.717, 1.165) is 17.9 Å². The number of hydrogen-bond acceptors (Lipinski definition) is 5. The summed E-state index contributed by atoms with van der Waals surface area (Å²) in [6, 6.07) is 0. The van der Waals surface area contributed by atoms with Gasteiger partial charge < -0.3 is 4.57 Å². The van der Waals surface area contributed by atoms with Crippen LogP contribution in [0.5, 0.6) is 0 Å². The summed E-state index contributed by atoms with van der Waals surface area (Å²) in [5.41, 5.74) is 2.81. The lowest BCUT2D eigenvalue weighted by Gasteiger charge is -2.37. The molecule has 0 radical (unpaired) electrons. The number of amides is 3. The Hall–Kier alpha value is -2.09. The number of imide groups is 1. The van der Waals surface area contributed by atoms with Gasteiger partial charge in [0, 0.05) is 7.05 Å². The average molecular weight is 346 g/mol. The van der Waals surface area contributed by atoms with E-state index in [1.807, 2.05) is 6.26 Å². The highest BCUT2D eigenvalue weighted by Gasteiger charge is 2.57. The van der Waals surface area contributed by atoms with Crippen LogP contribution < -0.4 is 5.43 Å². The minimum atomic E-state index is -0.494. The van der Waals surface area contributed by atoms with Crippen molar-refractivity contribution in [2.24, 2.45) is 30.7 Å². The molecule has 4 unspecified atom stereocenters. The van der Waals surface area contributed by atoms with Gasteiger partial charge in [-0.3, -0.25) is 19.8 Å². The van der Waals surface area contributed by atoms with Crippen LogP contribution >= 0.6 is 11.8 Å². The van der Waals surface area contributed by atoms with Crippen LogP contribution in [0.2, 0.25) is 0 Å². The number of hydrogen-bond donors (Lipinski definition) is 1. The van der Waals surface area contributed by atoms with Crippen molar-refractivity contribution in [3.05, 3.63) is 24.0 Å². The van der Waals surface area contributed by atoms with Gasteiger partial charge in [-0.15, -0.1) is 0 Å². The fourth-order valence-electron chi connectivity index (χ4n) is 4.14. The minimum Gasteiger partial charge on any atom is -0.318 e. The fraction of sp³-hybridized carbons (Fsp3) is 0.500. The quantitative estimate of drug-likeness (QED) is 0.501. The molecular weight excluding hydrogens is 328 g/mol. The van der Waals surface area contributed by atoms with Crippen LogP contribution in [0.25, 0.3) is 0 Å². The van der Waals surface area contributed by atoms with Crippen LogP contribution in [0, 0.1) is 23.7 Å². The lowest BCUT2D eigenvalue weighted by Crippen LogP contribution is -2.47. The van der Waals surface area contributed by atoms with Gasteiger partial charge in [0.1, 0.15) is 5.69 Å². The van der Waals surface area contributed by atoms with Gasteiger partial charge in [0.2, 0.25) is 0 Å². The van der Waals surface area contributed by atoms with Crippen LogP contribution in [0.3, 0.4) is 0 Å². The molecule has 5 rings (SSSR count). The summed E-state index contributed by atoms with van der Waals surface area (Å²) in [4.78, 5) is 42.0. The molecule has 3 aliphatic carbocycles. The van der Waals surface area contributed by atoms with Crippen LogP contribution in [0.15, 0.2) is 23.5 Å². The molecular formula is C16H18N4O3S. The summed E-state index contributed by atoms with van der Waals surface area (Å²) in [5, 5.41) is 1.62. The standard InChI is InChI=1S/C16H18N4O3S/c1-19-10(7-17-16(19)24-2)13(21)18-20-14(22)11-8-3-4-9(6-5-8)12(11)15(20)23/h3-4,7-9,11-12H,5-6H2,1-2H3,(H,18,21). The third-order valence-electron chi connectivity index (χ3n) is 5.33. The van der Waals surface area contributed by atoms with Gasteiger partial charge in [-0.05, 0) is 30.9 Å². The zero-order valence-electron chi connectivity index (χ0n) is 13.4. The van der Waals surface area contributed by atoms with Crippen molar-refractivity contribution in [3.8, 4) is 0 Å². The predicted molar refractivity (Wildman–Crippen MR) is 86.6 cm³/mol. The Morgan fingerprint density at radius 3 is 2.25 bits per heavy atom. The Balaban J connectivity index is 1.57. The zero-order chi connectivity index (χ0) is 17.0.